The Hall–Kier alpha value is -0.220. The van der Waals surface area contributed by atoms with Gasteiger partial charge in [-0.15, -0.1) is 0 Å². The van der Waals surface area contributed by atoms with Gasteiger partial charge in [-0.3, -0.25) is 0 Å². The average Bonchev–Trinajstić information content (AvgIpc) is 2.03. The molecule has 0 aliphatic carbocycles. The van der Waals surface area contributed by atoms with Gasteiger partial charge in [0.2, 0.25) is 0 Å². The van der Waals surface area contributed by atoms with Crippen LogP contribution in [0.1, 0.15) is 19.8 Å². The summed E-state index contributed by atoms with van der Waals surface area (Å²) in [7, 11) is 0. The SMILES string of the molecule is CC(F)C(F)COCCCCO. The smallest absolute Gasteiger partial charge is 0.154 e. The quantitative estimate of drug-likeness (QED) is 0.604. The summed E-state index contributed by atoms with van der Waals surface area (Å²) in [5, 5.41) is 8.37. The van der Waals surface area contributed by atoms with Crippen LogP contribution in [0.15, 0.2) is 0 Å². The number of hydrogen-bond donors (Lipinski definition) is 1. The Morgan fingerprint density at radius 3 is 2.50 bits per heavy atom. The van der Waals surface area contributed by atoms with Crippen LogP contribution in [-0.2, 0) is 4.74 Å². The molecule has 0 fully saturated rings. The molecule has 12 heavy (non-hydrogen) atoms. The van der Waals surface area contributed by atoms with Gasteiger partial charge in [0.15, 0.2) is 6.17 Å². The van der Waals surface area contributed by atoms with Crippen molar-refractivity contribution in [1.29, 1.82) is 0 Å². The van der Waals surface area contributed by atoms with E-state index < -0.39 is 12.3 Å². The van der Waals surface area contributed by atoms with Crippen LogP contribution >= 0.6 is 0 Å². The van der Waals surface area contributed by atoms with Crippen molar-refractivity contribution in [1.82, 2.24) is 0 Å². The van der Waals surface area contributed by atoms with Crippen molar-refractivity contribution in [3.05, 3.63) is 0 Å². The molecule has 0 amide bonds. The third-order valence-electron chi connectivity index (χ3n) is 1.47. The maximum atomic E-state index is 12.5. The van der Waals surface area contributed by atoms with Gasteiger partial charge in [0.05, 0.1) is 6.61 Å². The van der Waals surface area contributed by atoms with E-state index in [4.69, 9.17) is 9.84 Å². The van der Waals surface area contributed by atoms with Crippen molar-refractivity contribution < 1.29 is 18.6 Å². The molecule has 0 heterocycles. The van der Waals surface area contributed by atoms with Crippen LogP contribution in [0.25, 0.3) is 0 Å². The highest BCUT2D eigenvalue weighted by Crippen LogP contribution is 2.03. The number of unbranched alkanes of at least 4 members (excludes halogenated alkanes) is 1. The number of halogens is 2. The first kappa shape index (κ1) is 11.8. The summed E-state index contributed by atoms with van der Waals surface area (Å²) in [5.74, 6) is 0. The van der Waals surface area contributed by atoms with Gasteiger partial charge in [0.1, 0.15) is 6.17 Å². The molecule has 0 saturated carbocycles. The summed E-state index contributed by atoms with van der Waals surface area (Å²) < 4.78 is 29.5. The number of aliphatic hydroxyl groups is 1. The van der Waals surface area contributed by atoms with Gasteiger partial charge in [-0.1, -0.05) is 0 Å². The number of alkyl halides is 2. The molecule has 0 radical (unpaired) electrons. The molecule has 0 aromatic heterocycles. The average molecular weight is 182 g/mol. The molecule has 0 aromatic carbocycles. The molecule has 0 rings (SSSR count). The lowest BCUT2D eigenvalue weighted by molar-refractivity contribution is 0.0439. The van der Waals surface area contributed by atoms with E-state index in [2.05, 4.69) is 0 Å². The molecule has 0 aromatic rings. The Labute approximate surface area is 71.5 Å². The highest BCUT2D eigenvalue weighted by molar-refractivity contribution is 4.61. The van der Waals surface area contributed by atoms with E-state index in [9.17, 15) is 8.78 Å². The maximum Gasteiger partial charge on any atom is 0.154 e. The van der Waals surface area contributed by atoms with Crippen LogP contribution in [0.4, 0.5) is 8.78 Å². The molecule has 2 atom stereocenters. The van der Waals surface area contributed by atoms with E-state index in [0.717, 1.165) is 0 Å². The zero-order valence-corrected chi connectivity index (χ0v) is 7.30. The molecular formula is C8H16F2O2. The molecule has 74 valence electrons. The standard InChI is InChI=1S/C8H16F2O2/c1-7(9)8(10)6-12-5-3-2-4-11/h7-8,11H,2-6H2,1H3. The third-order valence-corrected chi connectivity index (χ3v) is 1.47. The van der Waals surface area contributed by atoms with Gasteiger partial charge in [-0.25, -0.2) is 8.78 Å². The fourth-order valence-corrected chi connectivity index (χ4v) is 0.644. The third kappa shape index (κ3) is 6.49. The van der Waals surface area contributed by atoms with E-state index in [1.54, 1.807) is 0 Å². The predicted octanol–water partition coefficient (Wildman–Crippen LogP) is 1.47. The minimum Gasteiger partial charge on any atom is -0.396 e. The number of rotatable bonds is 7. The highest BCUT2D eigenvalue weighted by Gasteiger charge is 2.14. The van der Waals surface area contributed by atoms with E-state index >= 15 is 0 Å². The van der Waals surface area contributed by atoms with Gasteiger partial charge in [-0.2, -0.15) is 0 Å². The Kier molecular flexibility index (Phi) is 7.29. The fraction of sp³-hybridized carbons (Fsp3) is 1.00. The van der Waals surface area contributed by atoms with Gasteiger partial charge in [0, 0.05) is 13.2 Å². The van der Waals surface area contributed by atoms with Crippen LogP contribution in [0.5, 0.6) is 0 Å². The topological polar surface area (TPSA) is 29.5 Å². The Bertz CT molecular complexity index is 99.1. The van der Waals surface area contributed by atoms with Crippen LogP contribution in [0.2, 0.25) is 0 Å². The summed E-state index contributed by atoms with van der Waals surface area (Å²) in [4.78, 5) is 0. The summed E-state index contributed by atoms with van der Waals surface area (Å²) >= 11 is 0. The maximum absolute atomic E-state index is 12.5. The first-order valence-corrected chi connectivity index (χ1v) is 4.15. The fourth-order valence-electron chi connectivity index (χ4n) is 0.644. The number of aliphatic hydroxyl groups excluding tert-OH is 1. The van der Waals surface area contributed by atoms with Gasteiger partial charge >= 0.3 is 0 Å². The molecule has 2 nitrogen and oxygen atoms in total. The van der Waals surface area contributed by atoms with Crippen molar-refractivity contribution in [2.45, 2.75) is 32.1 Å². The highest BCUT2D eigenvalue weighted by atomic mass is 19.2. The van der Waals surface area contributed by atoms with Gasteiger partial charge < -0.3 is 9.84 Å². The predicted molar refractivity (Wildman–Crippen MR) is 42.6 cm³/mol. The summed E-state index contributed by atoms with van der Waals surface area (Å²) in [6.07, 6.45) is -1.67. The first-order valence-electron chi connectivity index (χ1n) is 4.15. The Morgan fingerprint density at radius 2 is 2.00 bits per heavy atom. The molecule has 2 unspecified atom stereocenters. The molecule has 0 spiro atoms. The van der Waals surface area contributed by atoms with Gasteiger partial charge in [0.25, 0.3) is 0 Å². The van der Waals surface area contributed by atoms with Crippen molar-refractivity contribution in [3.8, 4) is 0 Å². The lowest BCUT2D eigenvalue weighted by atomic mass is 10.3. The molecule has 4 heteroatoms. The lowest BCUT2D eigenvalue weighted by Crippen LogP contribution is -2.20. The first-order chi connectivity index (χ1) is 5.68. The Morgan fingerprint density at radius 1 is 1.33 bits per heavy atom. The molecule has 1 N–H and O–H groups in total. The van der Waals surface area contributed by atoms with E-state index in [1.807, 2.05) is 0 Å². The van der Waals surface area contributed by atoms with Crippen molar-refractivity contribution in [3.63, 3.8) is 0 Å². The second-order valence-corrected chi connectivity index (χ2v) is 2.70. The lowest BCUT2D eigenvalue weighted by Gasteiger charge is -2.09. The second kappa shape index (κ2) is 7.43. The largest absolute Gasteiger partial charge is 0.396 e. The van der Waals surface area contributed by atoms with Crippen molar-refractivity contribution in [2.24, 2.45) is 0 Å². The van der Waals surface area contributed by atoms with Crippen LogP contribution in [0, 0.1) is 0 Å². The molecule has 0 aliphatic rings. The van der Waals surface area contributed by atoms with Crippen molar-refractivity contribution in [2.75, 3.05) is 19.8 Å². The van der Waals surface area contributed by atoms with Crippen LogP contribution in [-0.4, -0.2) is 37.3 Å². The molecule has 0 saturated heterocycles. The summed E-state index contributed by atoms with van der Waals surface area (Å²) in [5.41, 5.74) is 0. The monoisotopic (exact) mass is 182 g/mol. The summed E-state index contributed by atoms with van der Waals surface area (Å²) in [6.45, 7) is 1.47. The number of hydrogen-bond acceptors (Lipinski definition) is 2. The van der Waals surface area contributed by atoms with E-state index in [1.165, 1.54) is 6.92 Å². The summed E-state index contributed by atoms with van der Waals surface area (Å²) in [6, 6.07) is 0. The molecular weight excluding hydrogens is 166 g/mol. The van der Waals surface area contributed by atoms with Crippen LogP contribution < -0.4 is 0 Å². The zero-order chi connectivity index (χ0) is 9.40. The normalized spacial score (nSPS) is 16.0. The zero-order valence-electron chi connectivity index (χ0n) is 7.30. The second-order valence-electron chi connectivity index (χ2n) is 2.70. The minimum atomic E-state index is -1.53. The Balaban J connectivity index is 3.08. The van der Waals surface area contributed by atoms with E-state index in [-0.39, 0.29) is 13.2 Å². The molecule has 0 bridgehead atoms. The number of ether oxygens (including phenoxy) is 1. The molecule has 0 aliphatic heterocycles. The van der Waals surface area contributed by atoms with Crippen LogP contribution in [0.3, 0.4) is 0 Å². The van der Waals surface area contributed by atoms with Gasteiger partial charge in [-0.05, 0) is 19.8 Å². The van der Waals surface area contributed by atoms with E-state index in [0.29, 0.717) is 19.4 Å². The minimum absolute atomic E-state index is 0.113. The van der Waals surface area contributed by atoms with Crippen molar-refractivity contribution >= 4 is 0 Å².